The predicted molar refractivity (Wildman–Crippen MR) is 76.9 cm³/mol. The third kappa shape index (κ3) is 2.21. The first-order chi connectivity index (χ1) is 10.3. The summed E-state index contributed by atoms with van der Waals surface area (Å²) >= 11 is 0. The first kappa shape index (κ1) is 12.8. The molecule has 1 aliphatic heterocycles. The molecule has 5 nitrogen and oxygen atoms in total. The molecule has 1 aliphatic carbocycles. The number of fused-ring (bicyclic) bond motifs is 1. The summed E-state index contributed by atoms with van der Waals surface area (Å²) < 4.78 is 11.4. The number of ether oxygens (including phenoxy) is 1. The molecule has 21 heavy (non-hydrogen) atoms. The Morgan fingerprint density at radius 2 is 2.14 bits per heavy atom. The van der Waals surface area contributed by atoms with E-state index in [9.17, 15) is 0 Å². The van der Waals surface area contributed by atoms with E-state index in [4.69, 9.17) is 15.0 Å². The fraction of sp³-hybridized carbons (Fsp3) is 0.500. The van der Waals surface area contributed by atoms with Gasteiger partial charge in [-0.3, -0.25) is 0 Å². The lowest BCUT2D eigenvalue weighted by Gasteiger charge is -2.12. The molecule has 2 heterocycles. The van der Waals surface area contributed by atoms with Gasteiger partial charge in [-0.25, -0.2) is 0 Å². The molecule has 1 aromatic heterocycles. The van der Waals surface area contributed by atoms with Gasteiger partial charge in [0.05, 0.1) is 0 Å². The highest BCUT2D eigenvalue weighted by Gasteiger charge is 2.34. The van der Waals surface area contributed by atoms with Crippen molar-refractivity contribution in [1.82, 2.24) is 10.1 Å². The molecular formula is C16H19N3O2. The van der Waals surface area contributed by atoms with Gasteiger partial charge in [-0.05, 0) is 36.9 Å². The number of nitrogens with zero attached hydrogens (tertiary/aromatic N) is 2. The molecule has 0 spiro atoms. The van der Waals surface area contributed by atoms with Gasteiger partial charge in [-0.15, -0.1) is 0 Å². The summed E-state index contributed by atoms with van der Waals surface area (Å²) in [5.74, 6) is 3.11. The highest BCUT2D eigenvalue weighted by atomic mass is 16.5. The van der Waals surface area contributed by atoms with Crippen molar-refractivity contribution in [2.75, 3.05) is 6.54 Å². The van der Waals surface area contributed by atoms with Crippen LogP contribution in [0, 0.1) is 5.92 Å². The zero-order chi connectivity index (χ0) is 14.2. The minimum atomic E-state index is -0.127. The summed E-state index contributed by atoms with van der Waals surface area (Å²) in [6.07, 6.45) is 4.12. The molecule has 110 valence electrons. The zero-order valence-corrected chi connectivity index (χ0v) is 11.9. The molecule has 0 bridgehead atoms. The van der Waals surface area contributed by atoms with Gasteiger partial charge in [-0.1, -0.05) is 29.8 Å². The average Bonchev–Trinajstić information content (AvgIpc) is 3.23. The van der Waals surface area contributed by atoms with E-state index in [0.717, 1.165) is 30.9 Å². The topological polar surface area (TPSA) is 74.2 Å². The van der Waals surface area contributed by atoms with Crippen LogP contribution in [-0.2, 0) is 6.42 Å². The maximum atomic E-state index is 5.91. The molecule has 2 aromatic rings. The van der Waals surface area contributed by atoms with Crippen molar-refractivity contribution in [3.8, 4) is 5.75 Å². The second kappa shape index (κ2) is 5.15. The highest BCUT2D eigenvalue weighted by Crippen LogP contribution is 2.40. The van der Waals surface area contributed by atoms with Crippen molar-refractivity contribution in [2.45, 2.75) is 37.7 Å². The largest absolute Gasteiger partial charge is 0.482 e. The molecule has 3 atom stereocenters. The third-order valence-corrected chi connectivity index (χ3v) is 4.67. The average molecular weight is 285 g/mol. The van der Waals surface area contributed by atoms with Crippen molar-refractivity contribution < 1.29 is 9.26 Å². The number of hydrogen-bond acceptors (Lipinski definition) is 5. The van der Waals surface area contributed by atoms with Gasteiger partial charge in [0, 0.05) is 12.3 Å². The lowest BCUT2D eigenvalue weighted by Crippen LogP contribution is -2.17. The van der Waals surface area contributed by atoms with Crippen LogP contribution in [0.1, 0.15) is 48.6 Å². The van der Waals surface area contributed by atoms with Crippen LogP contribution in [-0.4, -0.2) is 16.7 Å². The van der Waals surface area contributed by atoms with Gasteiger partial charge in [0.1, 0.15) is 5.75 Å². The highest BCUT2D eigenvalue weighted by molar-refractivity contribution is 5.37. The molecule has 0 radical (unpaired) electrons. The maximum Gasteiger partial charge on any atom is 0.230 e. The zero-order valence-electron chi connectivity index (χ0n) is 11.9. The summed E-state index contributed by atoms with van der Waals surface area (Å²) in [6.45, 7) is 0.688. The molecule has 4 rings (SSSR count). The summed E-state index contributed by atoms with van der Waals surface area (Å²) in [4.78, 5) is 4.60. The second-order valence-corrected chi connectivity index (χ2v) is 5.94. The molecule has 0 amide bonds. The molecule has 5 heteroatoms. The summed E-state index contributed by atoms with van der Waals surface area (Å²) in [5, 5.41) is 4.14. The van der Waals surface area contributed by atoms with Crippen LogP contribution in [0.3, 0.4) is 0 Å². The summed E-state index contributed by atoms with van der Waals surface area (Å²) in [5.41, 5.74) is 7.04. The Kier molecular flexibility index (Phi) is 3.15. The van der Waals surface area contributed by atoms with Gasteiger partial charge in [-0.2, -0.15) is 4.98 Å². The summed E-state index contributed by atoms with van der Waals surface area (Å²) in [6, 6.07) is 8.07. The van der Waals surface area contributed by atoms with Crippen molar-refractivity contribution >= 4 is 0 Å². The minimum absolute atomic E-state index is 0.127. The minimum Gasteiger partial charge on any atom is -0.482 e. The van der Waals surface area contributed by atoms with Crippen LogP contribution >= 0.6 is 0 Å². The Bertz CT molecular complexity index is 615. The lowest BCUT2D eigenvalue weighted by atomic mass is 9.96. The third-order valence-electron chi connectivity index (χ3n) is 4.67. The number of nitrogens with two attached hydrogens (primary N) is 1. The van der Waals surface area contributed by atoms with Gasteiger partial charge < -0.3 is 15.0 Å². The second-order valence-electron chi connectivity index (χ2n) is 5.94. The maximum absolute atomic E-state index is 5.91. The molecule has 1 aromatic carbocycles. The Morgan fingerprint density at radius 3 is 3.00 bits per heavy atom. The molecular weight excluding hydrogens is 266 g/mol. The van der Waals surface area contributed by atoms with Gasteiger partial charge in [0.2, 0.25) is 11.7 Å². The monoisotopic (exact) mass is 285 g/mol. The molecule has 1 saturated carbocycles. The number of para-hydroxylation sites is 1. The molecule has 2 aliphatic rings. The van der Waals surface area contributed by atoms with Crippen LogP contribution in [0.2, 0.25) is 0 Å². The summed E-state index contributed by atoms with van der Waals surface area (Å²) in [7, 11) is 0. The quantitative estimate of drug-likeness (QED) is 0.938. The van der Waals surface area contributed by atoms with Crippen molar-refractivity contribution in [1.29, 1.82) is 0 Å². The van der Waals surface area contributed by atoms with Gasteiger partial charge in [0.15, 0.2) is 6.10 Å². The first-order valence-electron chi connectivity index (χ1n) is 7.63. The number of hydrogen-bond donors (Lipinski definition) is 1. The van der Waals surface area contributed by atoms with E-state index in [2.05, 4.69) is 16.2 Å². The number of aromatic nitrogens is 2. The normalized spacial score (nSPS) is 27.6. The Hall–Kier alpha value is -1.88. The van der Waals surface area contributed by atoms with Crippen molar-refractivity contribution in [3.05, 3.63) is 41.5 Å². The van der Waals surface area contributed by atoms with E-state index >= 15 is 0 Å². The van der Waals surface area contributed by atoms with Crippen molar-refractivity contribution in [2.24, 2.45) is 11.7 Å². The Morgan fingerprint density at radius 1 is 1.24 bits per heavy atom. The van der Waals surface area contributed by atoms with Crippen LogP contribution in [0.25, 0.3) is 0 Å². The van der Waals surface area contributed by atoms with Gasteiger partial charge >= 0.3 is 0 Å². The molecule has 3 unspecified atom stereocenters. The van der Waals surface area contributed by atoms with Crippen LogP contribution < -0.4 is 10.5 Å². The Balaban J connectivity index is 1.53. The fourth-order valence-electron chi connectivity index (χ4n) is 3.50. The van der Waals surface area contributed by atoms with E-state index in [1.807, 2.05) is 18.2 Å². The first-order valence-corrected chi connectivity index (χ1v) is 7.63. The van der Waals surface area contributed by atoms with E-state index in [1.54, 1.807) is 0 Å². The molecule has 1 fully saturated rings. The molecule has 2 N–H and O–H groups in total. The van der Waals surface area contributed by atoms with Crippen LogP contribution in [0.15, 0.2) is 28.8 Å². The van der Waals surface area contributed by atoms with E-state index in [1.165, 1.54) is 12.0 Å². The van der Waals surface area contributed by atoms with Crippen LogP contribution in [0.5, 0.6) is 5.75 Å². The van der Waals surface area contributed by atoms with E-state index < -0.39 is 0 Å². The van der Waals surface area contributed by atoms with E-state index in [-0.39, 0.29) is 6.10 Å². The predicted octanol–water partition coefficient (Wildman–Crippen LogP) is 2.59. The smallest absolute Gasteiger partial charge is 0.230 e. The van der Waals surface area contributed by atoms with Gasteiger partial charge in [0.25, 0.3) is 0 Å². The standard InChI is InChI=1S/C16H19N3O2/c17-9-11-5-3-6-12(11)16-18-15(19-21-16)14-8-10-4-1-2-7-13(10)20-14/h1-2,4,7,11-12,14H,3,5-6,8-9,17H2. The van der Waals surface area contributed by atoms with Crippen molar-refractivity contribution in [3.63, 3.8) is 0 Å². The van der Waals surface area contributed by atoms with E-state index in [0.29, 0.717) is 24.2 Å². The lowest BCUT2D eigenvalue weighted by molar-refractivity contribution is 0.220. The Labute approximate surface area is 123 Å². The van der Waals surface area contributed by atoms with Crippen LogP contribution in [0.4, 0.5) is 0 Å². The molecule has 0 saturated heterocycles. The fourth-order valence-corrected chi connectivity index (χ4v) is 3.50. The number of benzene rings is 1. The SMILES string of the molecule is NCC1CCCC1c1nc(C2Cc3ccccc3O2)no1. The number of rotatable bonds is 3.